The van der Waals surface area contributed by atoms with Crippen molar-refractivity contribution in [1.29, 1.82) is 0 Å². The molecule has 0 unspecified atom stereocenters. The Morgan fingerprint density at radius 1 is 1.21 bits per heavy atom. The number of thiazole rings is 1. The Hall–Kier alpha value is -4.64. The zero-order chi connectivity index (χ0) is 27.7. The van der Waals surface area contributed by atoms with Crippen molar-refractivity contribution in [2.45, 2.75) is 13.0 Å². The highest BCUT2D eigenvalue weighted by Gasteiger charge is 2.48. The van der Waals surface area contributed by atoms with E-state index >= 15 is 0 Å². The molecule has 0 spiro atoms. The number of amides is 1. The molecular weight excluding hydrogens is 524 g/mol. The maximum atomic E-state index is 13.5. The molecule has 1 atom stereocenters. The Kier molecular flexibility index (Phi) is 7.07. The van der Waals surface area contributed by atoms with Crippen LogP contribution in [-0.4, -0.2) is 54.7 Å². The highest BCUT2D eigenvalue weighted by atomic mass is 32.1. The van der Waals surface area contributed by atoms with E-state index in [9.17, 15) is 19.5 Å². The number of anilines is 1. The Bertz CT molecular complexity index is 1530. The van der Waals surface area contributed by atoms with E-state index in [0.717, 1.165) is 11.3 Å². The first kappa shape index (κ1) is 26.0. The third kappa shape index (κ3) is 4.72. The van der Waals surface area contributed by atoms with Gasteiger partial charge in [0.25, 0.3) is 5.78 Å². The van der Waals surface area contributed by atoms with E-state index in [-0.39, 0.29) is 27.8 Å². The fraction of sp³-hybridized carbons (Fsp3) is 0.214. The van der Waals surface area contributed by atoms with Gasteiger partial charge in [0.2, 0.25) is 0 Å². The van der Waals surface area contributed by atoms with Crippen molar-refractivity contribution in [3.63, 3.8) is 0 Å². The van der Waals surface area contributed by atoms with Gasteiger partial charge in [-0.2, -0.15) is 0 Å². The molecule has 0 aliphatic carbocycles. The van der Waals surface area contributed by atoms with Gasteiger partial charge in [0.05, 0.1) is 24.4 Å². The predicted molar refractivity (Wildman–Crippen MR) is 143 cm³/mol. The van der Waals surface area contributed by atoms with Crippen LogP contribution in [0.5, 0.6) is 17.2 Å². The number of hydrogen-bond acceptors (Lipinski definition) is 10. The average Bonchev–Trinajstić information content (AvgIpc) is 3.47. The molecule has 0 saturated carbocycles. The number of rotatable bonds is 7. The number of aryl methyl sites for hydroxylation is 1. The van der Waals surface area contributed by atoms with Crippen molar-refractivity contribution >= 4 is 39.9 Å². The Balaban J connectivity index is 1.68. The quantitative estimate of drug-likeness (QED) is 0.152. The van der Waals surface area contributed by atoms with Crippen molar-refractivity contribution in [1.82, 2.24) is 4.98 Å². The maximum Gasteiger partial charge on any atom is 0.350 e. The second kappa shape index (κ2) is 10.6. The van der Waals surface area contributed by atoms with E-state index in [0.29, 0.717) is 41.7 Å². The summed E-state index contributed by atoms with van der Waals surface area (Å²) in [6.07, 6.45) is 1.59. The number of ether oxygens (including phenoxy) is 4. The molecule has 11 heteroatoms. The van der Waals surface area contributed by atoms with Crippen LogP contribution in [0.1, 0.15) is 32.5 Å². The molecule has 2 aliphatic heterocycles. The van der Waals surface area contributed by atoms with Crippen LogP contribution < -0.4 is 19.1 Å². The van der Waals surface area contributed by atoms with Crippen LogP contribution in [0.4, 0.5) is 5.13 Å². The van der Waals surface area contributed by atoms with Crippen LogP contribution in [0.15, 0.2) is 60.7 Å². The van der Waals surface area contributed by atoms with Gasteiger partial charge < -0.3 is 24.1 Å². The van der Waals surface area contributed by atoms with Gasteiger partial charge in [-0.05, 0) is 42.8 Å². The fourth-order valence-corrected chi connectivity index (χ4v) is 5.40. The molecule has 3 aromatic rings. The first-order valence-electron chi connectivity index (χ1n) is 11.9. The fourth-order valence-electron chi connectivity index (χ4n) is 4.39. The van der Waals surface area contributed by atoms with Crippen LogP contribution in [0.25, 0.3) is 5.76 Å². The molecule has 3 heterocycles. The van der Waals surface area contributed by atoms with Crippen LogP contribution in [0.2, 0.25) is 0 Å². The van der Waals surface area contributed by atoms with Crippen molar-refractivity contribution < 1.29 is 38.4 Å². The number of benzene rings is 2. The SMILES string of the molecule is C=CCOc1cccc([C@@H]2C(=C(O)c3ccc4c(c3)OCCO4)C(=O)C(=O)N2c2nc(C)c(C(=O)OC)s2)c1. The van der Waals surface area contributed by atoms with Gasteiger partial charge in [0.1, 0.15) is 36.2 Å². The smallest absolute Gasteiger partial charge is 0.350 e. The van der Waals surface area contributed by atoms with Gasteiger partial charge >= 0.3 is 11.9 Å². The summed E-state index contributed by atoms with van der Waals surface area (Å²) in [5.74, 6) is -1.41. The summed E-state index contributed by atoms with van der Waals surface area (Å²) in [6.45, 7) is 6.24. The number of aromatic nitrogens is 1. The minimum atomic E-state index is -1.07. The number of Topliss-reactive ketones (excluding diaryl/α,β-unsaturated/α-hetero) is 1. The number of esters is 1. The number of aliphatic hydroxyl groups excluding tert-OH is 1. The van der Waals surface area contributed by atoms with E-state index in [4.69, 9.17) is 18.9 Å². The molecule has 1 fully saturated rings. The number of hydrogen-bond donors (Lipinski definition) is 1. The first-order chi connectivity index (χ1) is 18.8. The molecule has 10 nitrogen and oxygen atoms in total. The summed E-state index contributed by atoms with van der Waals surface area (Å²) in [7, 11) is 1.25. The van der Waals surface area contributed by atoms with E-state index < -0.39 is 29.5 Å². The number of ketones is 1. The molecule has 200 valence electrons. The van der Waals surface area contributed by atoms with E-state index in [2.05, 4.69) is 11.6 Å². The summed E-state index contributed by atoms with van der Waals surface area (Å²) >= 11 is 0.922. The van der Waals surface area contributed by atoms with Crippen LogP contribution in [-0.2, 0) is 14.3 Å². The Morgan fingerprint density at radius 2 is 1.97 bits per heavy atom. The Morgan fingerprint density at radius 3 is 2.72 bits per heavy atom. The molecule has 2 aliphatic rings. The van der Waals surface area contributed by atoms with Crippen molar-refractivity contribution in [3.8, 4) is 17.2 Å². The molecular formula is C28H24N2O8S. The highest BCUT2D eigenvalue weighted by molar-refractivity contribution is 7.17. The molecule has 1 amide bonds. The normalized spacial score (nSPS) is 17.7. The average molecular weight is 549 g/mol. The van der Waals surface area contributed by atoms with Gasteiger partial charge in [0.15, 0.2) is 16.6 Å². The van der Waals surface area contributed by atoms with Gasteiger partial charge in [-0.25, -0.2) is 9.78 Å². The van der Waals surface area contributed by atoms with Gasteiger partial charge in [-0.15, -0.1) is 0 Å². The van der Waals surface area contributed by atoms with Crippen LogP contribution in [0, 0.1) is 6.92 Å². The zero-order valence-electron chi connectivity index (χ0n) is 21.1. The van der Waals surface area contributed by atoms with Gasteiger partial charge in [0, 0.05) is 5.56 Å². The van der Waals surface area contributed by atoms with Gasteiger partial charge in [-0.1, -0.05) is 36.1 Å². The minimum Gasteiger partial charge on any atom is -0.507 e. The highest BCUT2D eigenvalue weighted by Crippen LogP contribution is 2.45. The summed E-state index contributed by atoms with van der Waals surface area (Å²) < 4.78 is 21.7. The standard InChI is InChI=1S/C28H24N2O8S/c1-4-10-36-18-7-5-6-16(13-18)22-21(23(31)17-8-9-19-20(14-17)38-12-11-37-19)24(32)26(33)30(22)28-29-15(2)25(39-28)27(34)35-3/h4-9,13-14,22,31H,1,10-12H2,2-3H3/t22-/m1/s1. The number of nitrogens with zero attached hydrogens (tertiary/aromatic N) is 2. The van der Waals surface area contributed by atoms with E-state index in [1.54, 1.807) is 55.5 Å². The maximum absolute atomic E-state index is 13.5. The molecule has 1 saturated heterocycles. The van der Waals surface area contributed by atoms with Crippen molar-refractivity contribution in [3.05, 3.63) is 82.4 Å². The molecule has 2 aromatic carbocycles. The lowest BCUT2D eigenvalue weighted by atomic mass is 9.95. The topological polar surface area (TPSA) is 124 Å². The molecule has 1 N–H and O–H groups in total. The first-order valence-corrected chi connectivity index (χ1v) is 12.8. The number of carbonyl (C=O) groups is 3. The second-order valence-corrected chi connectivity index (χ2v) is 9.58. The third-order valence-electron chi connectivity index (χ3n) is 6.16. The number of carbonyl (C=O) groups excluding carboxylic acids is 3. The molecule has 1 aromatic heterocycles. The van der Waals surface area contributed by atoms with Crippen LogP contribution in [0.3, 0.4) is 0 Å². The lowest BCUT2D eigenvalue weighted by molar-refractivity contribution is -0.132. The summed E-state index contributed by atoms with van der Waals surface area (Å²) in [5, 5.41) is 11.6. The van der Waals surface area contributed by atoms with Crippen LogP contribution >= 0.6 is 11.3 Å². The number of aliphatic hydroxyl groups is 1. The zero-order valence-corrected chi connectivity index (χ0v) is 21.9. The Labute approximate surface area is 227 Å². The minimum absolute atomic E-state index is 0.110. The summed E-state index contributed by atoms with van der Waals surface area (Å²) in [6, 6.07) is 10.5. The second-order valence-electron chi connectivity index (χ2n) is 8.60. The summed E-state index contributed by atoms with van der Waals surface area (Å²) in [4.78, 5) is 45.0. The van der Waals surface area contributed by atoms with Crippen molar-refractivity contribution in [2.75, 3.05) is 31.8 Å². The van der Waals surface area contributed by atoms with E-state index in [1.165, 1.54) is 12.0 Å². The lowest BCUT2D eigenvalue weighted by Gasteiger charge is -2.23. The monoisotopic (exact) mass is 548 g/mol. The number of methoxy groups -OCH3 is 1. The lowest BCUT2D eigenvalue weighted by Crippen LogP contribution is -2.29. The summed E-state index contributed by atoms with van der Waals surface area (Å²) in [5.41, 5.74) is 0.955. The largest absolute Gasteiger partial charge is 0.507 e. The predicted octanol–water partition coefficient (Wildman–Crippen LogP) is 4.20. The third-order valence-corrected chi connectivity index (χ3v) is 7.30. The van der Waals surface area contributed by atoms with Crippen molar-refractivity contribution in [2.24, 2.45) is 0 Å². The van der Waals surface area contributed by atoms with Gasteiger partial charge in [-0.3, -0.25) is 14.5 Å². The van der Waals surface area contributed by atoms with E-state index in [1.807, 2.05) is 0 Å². The number of fused-ring (bicyclic) bond motifs is 1. The molecule has 5 rings (SSSR count). The molecule has 39 heavy (non-hydrogen) atoms. The molecule has 0 bridgehead atoms. The molecule has 0 radical (unpaired) electrons.